The van der Waals surface area contributed by atoms with E-state index < -0.39 is 30.1 Å². The Kier molecular flexibility index (Phi) is 4.44. The van der Waals surface area contributed by atoms with Crippen molar-refractivity contribution < 1.29 is 33.2 Å². The van der Waals surface area contributed by atoms with Crippen molar-refractivity contribution in [2.75, 3.05) is 6.61 Å². The van der Waals surface area contributed by atoms with Crippen molar-refractivity contribution in [3.05, 3.63) is 0 Å². The van der Waals surface area contributed by atoms with Crippen LogP contribution in [0.3, 0.4) is 0 Å². The van der Waals surface area contributed by atoms with E-state index in [0.29, 0.717) is 13.0 Å². The summed E-state index contributed by atoms with van der Waals surface area (Å²) in [7, 11) is 0. The maximum atomic E-state index is 11.8. The van der Waals surface area contributed by atoms with Crippen molar-refractivity contribution in [2.24, 2.45) is 0 Å². The Morgan fingerprint density at radius 3 is 2.35 bits per heavy atom. The van der Waals surface area contributed by atoms with Gasteiger partial charge in [0.1, 0.15) is 18.3 Å². The number of esters is 1. The van der Waals surface area contributed by atoms with Crippen LogP contribution in [-0.4, -0.2) is 54.9 Å². The molecule has 0 aromatic rings. The van der Waals surface area contributed by atoms with Crippen molar-refractivity contribution in [3.63, 3.8) is 0 Å². The number of ether oxygens (including phenoxy) is 6. The third-order valence-corrected chi connectivity index (χ3v) is 4.15. The van der Waals surface area contributed by atoms with Gasteiger partial charge < -0.3 is 28.4 Å². The quantitative estimate of drug-likeness (QED) is 0.727. The van der Waals surface area contributed by atoms with Crippen molar-refractivity contribution in [1.29, 1.82) is 0 Å². The summed E-state index contributed by atoms with van der Waals surface area (Å²) >= 11 is 0. The van der Waals surface area contributed by atoms with Crippen LogP contribution in [0.4, 0.5) is 0 Å². The van der Waals surface area contributed by atoms with Gasteiger partial charge in [-0.15, -0.1) is 0 Å². The lowest BCUT2D eigenvalue weighted by molar-refractivity contribution is -0.244. The van der Waals surface area contributed by atoms with Gasteiger partial charge in [-0.05, 0) is 34.1 Å². The van der Waals surface area contributed by atoms with E-state index in [2.05, 4.69) is 0 Å². The van der Waals surface area contributed by atoms with E-state index in [1.54, 1.807) is 0 Å². The minimum atomic E-state index is -0.780. The zero-order chi connectivity index (χ0) is 16.8. The second-order valence-corrected chi connectivity index (χ2v) is 7.14. The molecule has 3 rings (SSSR count). The van der Waals surface area contributed by atoms with Gasteiger partial charge in [-0.2, -0.15) is 0 Å². The van der Waals surface area contributed by atoms with Crippen molar-refractivity contribution in [3.8, 4) is 0 Å². The molecule has 0 N–H and O–H groups in total. The van der Waals surface area contributed by atoms with Crippen LogP contribution in [0.15, 0.2) is 0 Å². The Hall–Kier alpha value is -0.730. The van der Waals surface area contributed by atoms with Gasteiger partial charge in [-0.25, -0.2) is 0 Å². The lowest BCUT2D eigenvalue weighted by atomic mass is 10.1. The molecule has 0 aromatic carbocycles. The summed E-state index contributed by atoms with van der Waals surface area (Å²) in [5.41, 5.74) is 0. The standard InChI is InChI=1S/C16H26O7/c1-6-7-10(17)19-14-13-12(22-16(4,5)23-13)11(20-14)9-8-18-15(2,3)21-9/h9,11-14H,6-8H2,1-5H3/t9-,11-,12+,13-,14+/m1/s1. The molecule has 23 heavy (non-hydrogen) atoms. The predicted molar refractivity (Wildman–Crippen MR) is 78.4 cm³/mol. The lowest BCUT2D eigenvalue weighted by Crippen LogP contribution is -2.40. The van der Waals surface area contributed by atoms with Gasteiger partial charge in [-0.3, -0.25) is 4.79 Å². The van der Waals surface area contributed by atoms with Crippen LogP contribution in [-0.2, 0) is 33.2 Å². The van der Waals surface area contributed by atoms with E-state index in [-0.39, 0.29) is 18.2 Å². The van der Waals surface area contributed by atoms with E-state index in [0.717, 1.165) is 6.42 Å². The first-order chi connectivity index (χ1) is 10.7. The summed E-state index contributed by atoms with van der Waals surface area (Å²) < 4.78 is 34.7. The molecule has 7 nitrogen and oxygen atoms in total. The molecule has 0 radical (unpaired) electrons. The molecule has 0 unspecified atom stereocenters. The molecule has 0 aromatic heterocycles. The molecule has 0 amide bonds. The molecule has 0 aliphatic carbocycles. The van der Waals surface area contributed by atoms with Crippen LogP contribution in [0, 0.1) is 0 Å². The fourth-order valence-electron chi connectivity index (χ4n) is 3.26. The molecule has 5 atom stereocenters. The molecule has 132 valence electrons. The van der Waals surface area contributed by atoms with Crippen LogP contribution in [0.2, 0.25) is 0 Å². The number of hydrogen-bond donors (Lipinski definition) is 0. The van der Waals surface area contributed by atoms with E-state index >= 15 is 0 Å². The fourth-order valence-corrected chi connectivity index (χ4v) is 3.26. The Bertz CT molecular complexity index is 461. The van der Waals surface area contributed by atoms with Crippen molar-refractivity contribution >= 4 is 5.97 Å². The first kappa shape index (κ1) is 17.1. The highest BCUT2D eigenvalue weighted by Gasteiger charge is 2.60. The second-order valence-electron chi connectivity index (χ2n) is 7.14. The molecule has 3 heterocycles. The Morgan fingerprint density at radius 2 is 1.74 bits per heavy atom. The fraction of sp³-hybridized carbons (Fsp3) is 0.938. The predicted octanol–water partition coefficient (Wildman–Crippen LogP) is 1.73. The largest absolute Gasteiger partial charge is 0.433 e. The molecule has 0 bridgehead atoms. The Labute approximate surface area is 136 Å². The number of rotatable bonds is 4. The number of hydrogen-bond acceptors (Lipinski definition) is 7. The number of carbonyl (C=O) groups excluding carboxylic acids is 1. The summed E-state index contributed by atoms with van der Waals surface area (Å²) in [6.45, 7) is 9.71. The zero-order valence-electron chi connectivity index (χ0n) is 14.4. The van der Waals surface area contributed by atoms with Gasteiger partial charge in [-0.1, -0.05) is 6.92 Å². The molecule has 3 saturated heterocycles. The van der Waals surface area contributed by atoms with Gasteiger partial charge in [0.25, 0.3) is 0 Å². The molecule has 3 aliphatic rings. The molecule has 3 aliphatic heterocycles. The highest BCUT2D eigenvalue weighted by Crippen LogP contribution is 2.42. The number of carbonyl (C=O) groups is 1. The highest BCUT2D eigenvalue weighted by molar-refractivity contribution is 5.69. The summed E-state index contributed by atoms with van der Waals surface area (Å²) in [5.74, 6) is -1.70. The monoisotopic (exact) mass is 330 g/mol. The average molecular weight is 330 g/mol. The molecule has 0 spiro atoms. The van der Waals surface area contributed by atoms with Crippen LogP contribution in [0.25, 0.3) is 0 Å². The summed E-state index contributed by atoms with van der Waals surface area (Å²) in [5, 5.41) is 0. The van der Waals surface area contributed by atoms with Crippen LogP contribution < -0.4 is 0 Å². The van der Waals surface area contributed by atoms with E-state index in [1.165, 1.54) is 0 Å². The third kappa shape index (κ3) is 3.53. The minimum Gasteiger partial charge on any atom is -0.433 e. The molecular weight excluding hydrogens is 304 g/mol. The van der Waals surface area contributed by atoms with Gasteiger partial charge in [0.05, 0.1) is 6.61 Å². The zero-order valence-corrected chi connectivity index (χ0v) is 14.4. The summed E-state index contributed by atoms with van der Waals surface area (Å²) in [6.07, 6.45) is -1.21. The molecule has 3 fully saturated rings. The normalized spacial score (nSPS) is 41.0. The maximum Gasteiger partial charge on any atom is 0.308 e. The molecular formula is C16H26O7. The minimum absolute atomic E-state index is 0.287. The first-order valence-electron chi connectivity index (χ1n) is 8.23. The van der Waals surface area contributed by atoms with Gasteiger partial charge in [0.2, 0.25) is 6.29 Å². The van der Waals surface area contributed by atoms with E-state index in [4.69, 9.17) is 28.4 Å². The van der Waals surface area contributed by atoms with E-state index in [1.807, 2.05) is 34.6 Å². The smallest absolute Gasteiger partial charge is 0.308 e. The molecule has 0 saturated carbocycles. The van der Waals surface area contributed by atoms with E-state index in [9.17, 15) is 4.79 Å². The Balaban J connectivity index is 1.73. The van der Waals surface area contributed by atoms with Crippen LogP contribution >= 0.6 is 0 Å². The highest BCUT2D eigenvalue weighted by atomic mass is 16.8. The Morgan fingerprint density at radius 1 is 1.04 bits per heavy atom. The summed E-state index contributed by atoms with van der Waals surface area (Å²) in [6, 6.07) is 0. The SMILES string of the molecule is CCCC(=O)O[C@H]1O[C@H]([C@H]2COC(C)(C)O2)[C@@H]2OC(C)(C)O[C@@H]12. The average Bonchev–Trinajstić information content (AvgIpc) is 3.02. The second kappa shape index (κ2) is 5.97. The summed E-state index contributed by atoms with van der Waals surface area (Å²) in [4.78, 5) is 11.8. The maximum absolute atomic E-state index is 11.8. The van der Waals surface area contributed by atoms with Crippen molar-refractivity contribution in [1.82, 2.24) is 0 Å². The number of fused-ring (bicyclic) bond motifs is 1. The lowest BCUT2D eigenvalue weighted by Gasteiger charge is -2.26. The van der Waals surface area contributed by atoms with Gasteiger partial charge in [0, 0.05) is 6.42 Å². The topological polar surface area (TPSA) is 72.5 Å². The van der Waals surface area contributed by atoms with Crippen LogP contribution in [0.5, 0.6) is 0 Å². The van der Waals surface area contributed by atoms with Gasteiger partial charge in [0.15, 0.2) is 17.7 Å². The third-order valence-electron chi connectivity index (χ3n) is 4.15. The van der Waals surface area contributed by atoms with Crippen LogP contribution in [0.1, 0.15) is 47.5 Å². The van der Waals surface area contributed by atoms with Gasteiger partial charge >= 0.3 is 5.97 Å². The molecule has 7 heteroatoms. The van der Waals surface area contributed by atoms with Crippen molar-refractivity contribution in [2.45, 2.75) is 89.7 Å². The first-order valence-corrected chi connectivity index (χ1v) is 8.23.